The first-order valence-corrected chi connectivity index (χ1v) is 8.01. The van der Waals surface area contributed by atoms with Crippen molar-refractivity contribution in [3.05, 3.63) is 45.0 Å². The Morgan fingerprint density at radius 1 is 1.33 bits per heavy atom. The number of thiophene rings is 1. The fourth-order valence-corrected chi connectivity index (χ4v) is 3.32. The van der Waals surface area contributed by atoms with Gasteiger partial charge in [0.15, 0.2) is 11.6 Å². The predicted molar refractivity (Wildman–Crippen MR) is 88.7 cm³/mol. The van der Waals surface area contributed by atoms with E-state index in [1.165, 1.54) is 11.3 Å². The number of halogens is 2. The molecule has 0 aliphatic rings. The number of aromatic nitrogens is 2. The summed E-state index contributed by atoms with van der Waals surface area (Å²) in [6, 6.07) is 7.34. The highest BCUT2D eigenvalue weighted by Crippen LogP contribution is 2.29. The first-order chi connectivity index (χ1) is 10.2. The molecule has 0 aliphatic carbocycles. The average Bonchev–Trinajstić information content (AvgIpc) is 2.93. The minimum atomic E-state index is 0.212. The van der Waals surface area contributed by atoms with Crippen LogP contribution in [-0.4, -0.2) is 9.97 Å². The minimum Gasteiger partial charge on any atom is -0.484 e. The van der Waals surface area contributed by atoms with Crippen LogP contribution in [0.3, 0.4) is 0 Å². The van der Waals surface area contributed by atoms with Gasteiger partial charge in [-0.05, 0) is 29.6 Å². The summed E-state index contributed by atoms with van der Waals surface area (Å²) in [5, 5.41) is 3.36. The van der Waals surface area contributed by atoms with Gasteiger partial charge in [-0.3, -0.25) is 0 Å². The molecule has 2 aromatic heterocycles. The number of hydrogen-bond acceptors (Lipinski definition) is 6. The summed E-state index contributed by atoms with van der Waals surface area (Å²) in [5.41, 5.74) is 2.58. The molecule has 5 nitrogen and oxygen atoms in total. The van der Waals surface area contributed by atoms with E-state index < -0.39 is 0 Å². The molecule has 3 N–H and O–H groups in total. The van der Waals surface area contributed by atoms with Crippen LogP contribution in [0.2, 0.25) is 5.02 Å². The molecule has 0 bridgehead atoms. The number of hydrogen-bond donors (Lipinski definition) is 2. The van der Waals surface area contributed by atoms with Crippen molar-refractivity contribution < 1.29 is 4.74 Å². The number of nitrogens with two attached hydrogens (primary N) is 1. The van der Waals surface area contributed by atoms with Crippen molar-refractivity contribution in [2.75, 3.05) is 5.43 Å². The van der Waals surface area contributed by atoms with Crippen LogP contribution in [-0.2, 0) is 6.61 Å². The lowest BCUT2D eigenvalue weighted by molar-refractivity contribution is 0.297. The number of nitrogen functional groups attached to an aromatic ring is 1. The van der Waals surface area contributed by atoms with Crippen LogP contribution in [0.25, 0.3) is 10.2 Å². The number of nitrogens with zero attached hydrogens (tertiary/aromatic N) is 2. The van der Waals surface area contributed by atoms with Gasteiger partial charge in [0, 0.05) is 4.47 Å². The molecule has 0 spiro atoms. The van der Waals surface area contributed by atoms with Crippen molar-refractivity contribution in [2.45, 2.75) is 6.61 Å². The van der Waals surface area contributed by atoms with E-state index in [-0.39, 0.29) is 6.61 Å². The monoisotopic (exact) mass is 384 g/mol. The summed E-state index contributed by atoms with van der Waals surface area (Å²) < 4.78 is 6.56. The zero-order valence-corrected chi connectivity index (χ0v) is 13.8. The lowest BCUT2D eigenvalue weighted by Crippen LogP contribution is -2.11. The van der Waals surface area contributed by atoms with E-state index in [2.05, 4.69) is 31.3 Å². The third kappa shape index (κ3) is 3.11. The Kier molecular flexibility index (Phi) is 4.25. The Morgan fingerprint density at radius 2 is 2.19 bits per heavy atom. The topological polar surface area (TPSA) is 73.1 Å². The maximum atomic E-state index is 6.11. The van der Waals surface area contributed by atoms with E-state index in [9.17, 15) is 0 Å². The fraction of sp³-hybridized carbons (Fsp3) is 0.0769. The van der Waals surface area contributed by atoms with Crippen molar-refractivity contribution >= 4 is 54.9 Å². The Bertz CT molecular complexity index is 795. The zero-order valence-electron chi connectivity index (χ0n) is 10.6. The van der Waals surface area contributed by atoms with E-state index >= 15 is 0 Å². The highest BCUT2D eigenvalue weighted by atomic mass is 79.9. The van der Waals surface area contributed by atoms with Crippen LogP contribution in [0.1, 0.15) is 5.82 Å². The largest absolute Gasteiger partial charge is 0.484 e. The summed E-state index contributed by atoms with van der Waals surface area (Å²) in [6.45, 7) is 0.212. The molecule has 0 saturated carbocycles. The smallest absolute Gasteiger partial charge is 0.169 e. The summed E-state index contributed by atoms with van der Waals surface area (Å²) in [5.74, 6) is 7.19. The van der Waals surface area contributed by atoms with Crippen molar-refractivity contribution in [3.63, 3.8) is 0 Å². The highest BCUT2D eigenvalue weighted by Gasteiger charge is 2.09. The molecule has 3 rings (SSSR count). The minimum absolute atomic E-state index is 0.212. The van der Waals surface area contributed by atoms with E-state index in [1.807, 2.05) is 17.5 Å². The molecule has 0 amide bonds. The lowest BCUT2D eigenvalue weighted by atomic mass is 10.3. The second-order valence-corrected chi connectivity index (χ2v) is 6.35. The van der Waals surface area contributed by atoms with Gasteiger partial charge in [-0.15, -0.1) is 11.3 Å². The van der Waals surface area contributed by atoms with Gasteiger partial charge >= 0.3 is 0 Å². The normalized spacial score (nSPS) is 10.8. The van der Waals surface area contributed by atoms with Gasteiger partial charge in [0.25, 0.3) is 0 Å². The molecule has 0 atom stereocenters. The third-order valence-electron chi connectivity index (χ3n) is 2.76. The third-order valence-corrected chi connectivity index (χ3v) is 4.35. The number of ether oxygens (including phenoxy) is 1. The molecular weight excluding hydrogens is 376 g/mol. The Hall–Kier alpha value is -1.41. The molecule has 3 aromatic rings. The first kappa shape index (κ1) is 14.5. The van der Waals surface area contributed by atoms with Crippen LogP contribution in [0.4, 0.5) is 5.82 Å². The standard InChI is InChI=1S/C13H10BrClN4OS/c14-7-1-2-10(9(15)5-7)20-6-11-17-12(19-16)8-3-4-21-13(8)18-11/h1-5H,6,16H2,(H,17,18,19). The van der Waals surface area contributed by atoms with Crippen LogP contribution in [0.5, 0.6) is 5.75 Å². The number of benzene rings is 1. The Labute approximate surface area is 138 Å². The number of fused-ring (bicyclic) bond motifs is 1. The fourth-order valence-electron chi connectivity index (χ4n) is 1.81. The molecule has 0 unspecified atom stereocenters. The van der Waals surface area contributed by atoms with Gasteiger partial charge in [-0.25, -0.2) is 15.8 Å². The number of rotatable bonds is 4. The summed E-state index contributed by atoms with van der Waals surface area (Å²) in [7, 11) is 0. The van der Waals surface area contributed by atoms with Gasteiger partial charge in [0.05, 0.1) is 10.4 Å². The van der Waals surface area contributed by atoms with Gasteiger partial charge in [0.1, 0.15) is 17.2 Å². The van der Waals surface area contributed by atoms with Crippen molar-refractivity contribution in [3.8, 4) is 5.75 Å². The van der Waals surface area contributed by atoms with Crippen LogP contribution in [0.15, 0.2) is 34.1 Å². The van der Waals surface area contributed by atoms with E-state index in [0.29, 0.717) is 22.4 Å². The SMILES string of the molecule is NNc1nc(COc2ccc(Br)cc2Cl)nc2sccc12. The molecular formula is C13H10BrClN4OS. The van der Waals surface area contributed by atoms with E-state index in [1.54, 1.807) is 12.1 Å². The van der Waals surface area contributed by atoms with Gasteiger partial charge in [-0.2, -0.15) is 0 Å². The van der Waals surface area contributed by atoms with Gasteiger partial charge in [0.2, 0.25) is 0 Å². The van der Waals surface area contributed by atoms with Gasteiger partial charge < -0.3 is 10.2 Å². The predicted octanol–water partition coefficient (Wildman–Crippen LogP) is 3.97. The number of nitrogens with one attached hydrogen (secondary N) is 1. The maximum Gasteiger partial charge on any atom is 0.169 e. The van der Waals surface area contributed by atoms with Crippen LogP contribution < -0.4 is 16.0 Å². The van der Waals surface area contributed by atoms with Crippen molar-refractivity contribution in [1.29, 1.82) is 0 Å². The molecule has 0 radical (unpaired) electrons. The Balaban J connectivity index is 1.84. The molecule has 0 fully saturated rings. The average molecular weight is 386 g/mol. The molecule has 21 heavy (non-hydrogen) atoms. The molecule has 2 heterocycles. The highest BCUT2D eigenvalue weighted by molar-refractivity contribution is 9.10. The number of hydrazine groups is 1. The molecule has 108 valence electrons. The van der Waals surface area contributed by atoms with Gasteiger partial charge in [-0.1, -0.05) is 27.5 Å². The quantitative estimate of drug-likeness (QED) is 0.525. The summed E-state index contributed by atoms with van der Waals surface area (Å²) in [6.07, 6.45) is 0. The lowest BCUT2D eigenvalue weighted by Gasteiger charge is -2.09. The summed E-state index contributed by atoms with van der Waals surface area (Å²) in [4.78, 5) is 9.64. The molecule has 0 aliphatic heterocycles. The van der Waals surface area contributed by atoms with Crippen LogP contribution >= 0.6 is 38.9 Å². The molecule has 1 aromatic carbocycles. The first-order valence-electron chi connectivity index (χ1n) is 5.96. The van der Waals surface area contributed by atoms with Crippen LogP contribution in [0, 0.1) is 0 Å². The van der Waals surface area contributed by atoms with Crippen molar-refractivity contribution in [2.24, 2.45) is 5.84 Å². The summed E-state index contributed by atoms with van der Waals surface area (Å²) >= 11 is 11.0. The number of anilines is 1. The Morgan fingerprint density at radius 3 is 2.95 bits per heavy atom. The van der Waals surface area contributed by atoms with E-state index in [0.717, 1.165) is 14.7 Å². The molecule has 0 saturated heterocycles. The van der Waals surface area contributed by atoms with Crippen molar-refractivity contribution in [1.82, 2.24) is 9.97 Å². The molecule has 8 heteroatoms. The maximum absolute atomic E-state index is 6.11. The van der Waals surface area contributed by atoms with E-state index in [4.69, 9.17) is 22.2 Å². The second-order valence-electron chi connectivity index (χ2n) is 4.14. The zero-order chi connectivity index (χ0) is 14.8. The second kappa shape index (κ2) is 6.15.